The highest BCUT2D eigenvalue weighted by atomic mass is 16.1. The fourth-order valence-corrected chi connectivity index (χ4v) is 0.253. The van der Waals surface area contributed by atoms with Crippen molar-refractivity contribution >= 4 is 6.08 Å². The zero-order valence-electron chi connectivity index (χ0n) is 4.61. The second kappa shape index (κ2) is 6.46. The van der Waals surface area contributed by atoms with Crippen LogP contribution in [0.15, 0.2) is 24.5 Å². The van der Waals surface area contributed by atoms with Crippen LogP contribution in [0.4, 0.5) is 0 Å². The summed E-state index contributed by atoms with van der Waals surface area (Å²) in [4.78, 5) is 8.35. The van der Waals surface area contributed by atoms with Crippen LogP contribution in [-0.2, 0) is 4.79 Å². The van der Waals surface area contributed by atoms with E-state index in [0.29, 0.717) is 0 Å². The molecule has 0 saturated heterocycles. The third-order valence-electron chi connectivity index (χ3n) is 0.483. The van der Waals surface area contributed by atoms with E-state index < -0.39 is 0 Å². The van der Waals surface area contributed by atoms with Crippen LogP contribution in [0, 0.1) is 5.41 Å². The van der Waals surface area contributed by atoms with E-state index in [-0.39, 0.29) is 0 Å². The Morgan fingerprint density at radius 2 is 1.56 bits per heavy atom. The molecule has 1 aromatic rings. The summed E-state index contributed by atoms with van der Waals surface area (Å²) >= 11 is 0. The van der Waals surface area contributed by atoms with E-state index in [4.69, 9.17) is 10.2 Å². The summed E-state index contributed by atoms with van der Waals surface area (Å²) in [5, 5.41) is 12.5. The second-order valence-electron chi connectivity index (χ2n) is 1.02. The Balaban J connectivity index is 0.000000187. The number of nitrogens with zero attached hydrogens (tertiary/aromatic N) is 2. The minimum Gasteiger partial charge on any atom is -0.222 e. The predicted molar refractivity (Wildman–Crippen MR) is 30.4 cm³/mol. The summed E-state index contributed by atoms with van der Waals surface area (Å²) < 4.78 is 0. The van der Waals surface area contributed by atoms with E-state index in [1.54, 1.807) is 12.4 Å². The van der Waals surface area contributed by atoms with Gasteiger partial charge in [0, 0.05) is 12.4 Å². The molecule has 0 unspecified atom stereocenters. The monoisotopic (exact) mass is 123 g/mol. The van der Waals surface area contributed by atoms with Gasteiger partial charge in [0.2, 0.25) is 6.08 Å². The van der Waals surface area contributed by atoms with E-state index in [1.165, 1.54) is 0 Å². The van der Waals surface area contributed by atoms with Gasteiger partial charge in [-0.05, 0) is 12.1 Å². The van der Waals surface area contributed by atoms with Crippen LogP contribution in [0.1, 0.15) is 0 Å². The molecule has 1 aromatic heterocycles. The third kappa shape index (κ3) is 6.46. The second-order valence-corrected chi connectivity index (χ2v) is 1.02. The molecule has 46 valence electrons. The minimum atomic E-state index is 0.750. The minimum absolute atomic E-state index is 0.750. The lowest BCUT2D eigenvalue weighted by atomic mass is 10.6. The fourth-order valence-electron chi connectivity index (χ4n) is 0.253. The van der Waals surface area contributed by atoms with Crippen LogP contribution in [0.2, 0.25) is 0 Å². The zero-order chi connectivity index (χ0) is 6.95. The van der Waals surface area contributed by atoms with E-state index in [2.05, 4.69) is 10.2 Å². The standard InChI is InChI=1S/C4H4N2.CHNO/c1-2-4-6-5-3-1;2-1-3/h1-4H;2H. The van der Waals surface area contributed by atoms with Crippen LogP contribution < -0.4 is 0 Å². The maximum absolute atomic E-state index is 8.35. The van der Waals surface area contributed by atoms with Gasteiger partial charge in [-0.3, -0.25) is 0 Å². The molecule has 4 heteroatoms. The van der Waals surface area contributed by atoms with Crippen molar-refractivity contribution in [1.82, 2.24) is 10.2 Å². The SMILES string of the molecule is N=C=O.c1ccnnc1. The van der Waals surface area contributed by atoms with Crippen LogP contribution in [0.3, 0.4) is 0 Å². The maximum atomic E-state index is 8.35. The molecule has 0 bridgehead atoms. The summed E-state index contributed by atoms with van der Waals surface area (Å²) in [7, 11) is 0. The molecule has 1 heterocycles. The van der Waals surface area contributed by atoms with Crippen LogP contribution in [-0.4, -0.2) is 16.3 Å². The number of hydrogen-bond donors (Lipinski definition) is 1. The van der Waals surface area contributed by atoms with Crippen molar-refractivity contribution in [2.75, 3.05) is 0 Å². The van der Waals surface area contributed by atoms with Gasteiger partial charge >= 0.3 is 0 Å². The first kappa shape index (κ1) is 7.46. The summed E-state index contributed by atoms with van der Waals surface area (Å²) in [6.45, 7) is 0. The molecule has 1 N–H and O–H groups in total. The summed E-state index contributed by atoms with van der Waals surface area (Å²) in [6.07, 6.45) is 4.03. The van der Waals surface area contributed by atoms with E-state index in [1.807, 2.05) is 12.1 Å². The molecule has 9 heavy (non-hydrogen) atoms. The van der Waals surface area contributed by atoms with Gasteiger partial charge in [-0.15, -0.1) is 0 Å². The smallest absolute Gasteiger partial charge is 0.222 e. The van der Waals surface area contributed by atoms with Gasteiger partial charge in [0.15, 0.2) is 0 Å². The Kier molecular flexibility index (Phi) is 5.35. The molecular formula is C5H5N3O. The normalized spacial score (nSPS) is 6.22. The van der Waals surface area contributed by atoms with Gasteiger partial charge in [-0.2, -0.15) is 10.2 Å². The molecule has 0 aliphatic carbocycles. The molecular weight excluding hydrogens is 118 g/mol. The molecule has 1 rings (SSSR count). The summed E-state index contributed by atoms with van der Waals surface area (Å²) in [5.74, 6) is 0. The van der Waals surface area contributed by atoms with Crippen LogP contribution >= 0.6 is 0 Å². The Morgan fingerprint density at radius 3 is 1.67 bits per heavy atom. The van der Waals surface area contributed by atoms with Crippen molar-refractivity contribution in [2.24, 2.45) is 0 Å². The largest absolute Gasteiger partial charge is 0.231 e. The molecule has 4 nitrogen and oxygen atoms in total. The molecule has 0 aromatic carbocycles. The topological polar surface area (TPSA) is 66.7 Å². The predicted octanol–water partition coefficient (Wildman–Crippen LogP) is 0.378. The number of rotatable bonds is 0. The quantitative estimate of drug-likeness (QED) is 0.400. The average Bonchev–Trinajstić information content (AvgIpc) is 1.93. The third-order valence-corrected chi connectivity index (χ3v) is 0.483. The molecule has 0 aliphatic rings. The molecule has 0 spiro atoms. The molecule has 0 atom stereocenters. The molecule has 0 saturated carbocycles. The first-order valence-corrected chi connectivity index (χ1v) is 2.17. The number of carbonyl (C=O) groups excluding carboxylic acids is 1. The average molecular weight is 123 g/mol. The summed E-state index contributed by atoms with van der Waals surface area (Å²) in [6, 6.07) is 3.65. The zero-order valence-corrected chi connectivity index (χ0v) is 4.61. The van der Waals surface area contributed by atoms with E-state index >= 15 is 0 Å². The van der Waals surface area contributed by atoms with Crippen molar-refractivity contribution in [3.63, 3.8) is 0 Å². The van der Waals surface area contributed by atoms with E-state index in [9.17, 15) is 0 Å². The lowest BCUT2D eigenvalue weighted by Gasteiger charge is -1.69. The molecule has 0 aliphatic heterocycles. The van der Waals surface area contributed by atoms with Gasteiger partial charge < -0.3 is 0 Å². The van der Waals surface area contributed by atoms with Gasteiger partial charge in [0.1, 0.15) is 0 Å². The number of aromatic nitrogens is 2. The highest BCUT2D eigenvalue weighted by Crippen LogP contribution is 1.68. The molecule has 0 amide bonds. The van der Waals surface area contributed by atoms with Crippen molar-refractivity contribution < 1.29 is 4.79 Å². The molecule has 0 fully saturated rings. The lowest BCUT2D eigenvalue weighted by molar-refractivity contribution is 0.563. The van der Waals surface area contributed by atoms with Crippen molar-refractivity contribution in [2.45, 2.75) is 0 Å². The highest BCUT2D eigenvalue weighted by Gasteiger charge is 1.59. The first-order valence-electron chi connectivity index (χ1n) is 2.17. The van der Waals surface area contributed by atoms with Gasteiger partial charge in [-0.1, -0.05) is 0 Å². The number of nitrogens with one attached hydrogen (secondary N) is 1. The number of hydrogen-bond acceptors (Lipinski definition) is 4. The van der Waals surface area contributed by atoms with Gasteiger partial charge in [-0.25, -0.2) is 10.2 Å². The first-order chi connectivity index (χ1) is 4.41. The van der Waals surface area contributed by atoms with Crippen molar-refractivity contribution in [1.29, 1.82) is 5.41 Å². The summed E-state index contributed by atoms with van der Waals surface area (Å²) in [5.41, 5.74) is 0. The Hall–Kier alpha value is -1.54. The van der Waals surface area contributed by atoms with Crippen LogP contribution in [0.5, 0.6) is 0 Å². The Labute approximate surface area is 52.1 Å². The molecule has 0 radical (unpaired) electrons. The van der Waals surface area contributed by atoms with Gasteiger partial charge in [0.05, 0.1) is 0 Å². The maximum Gasteiger partial charge on any atom is 0.231 e. The fraction of sp³-hybridized carbons (Fsp3) is 0. The Morgan fingerprint density at radius 1 is 1.22 bits per heavy atom. The highest BCUT2D eigenvalue weighted by molar-refractivity contribution is 5.26. The van der Waals surface area contributed by atoms with Gasteiger partial charge in [0.25, 0.3) is 0 Å². The number of isocyanates is 1. The van der Waals surface area contributed by atoms with Crippen molar-refractivity contribution in [3.8, 4) is 0 Å². The van der Waals surface area contributed by atoms with E-state index in [0.717, 1.165) is 6.08 Å². The lowest BCUT2D eigenvalue weighted by Crippen LogP contribution is -1.69. The Bertz CT molecular complexity index is 142. The van der Waals surface area contributed by atoms with Crippen LogP contribution in [0.25, 0.3) is 0 Å². The van der Waals surface area contributed by atoms with Crippen molar-refractivity contribution in [3.05, 3.63) is 24.5 Å².